The quantitative estimate of drug-likeness (QED) is 0.431. The minimum Gasteiger partial charge on any atom is -0.425 e. The topological polar surface area (TPSA) is 100 Å². The van der Waals surface area contributed by atoms with Gasteiger partial charge in [-0.2, -0.15) is 4.98 Å². The molecule has 208 valence electrons. The number of aliphatic hydroxyl groups excluding tert-OH is 2. The molecule has 1 aromatic heterocycles. The highest BCUT2D eigenvalue weighted by molar-refractivity contribution is 6.30. The zero-order valence-corrected chi connectivity index (χ0v) is 21.6. The number of hydrogen-bond donors (Lipinski definition) is 2. The number of carbonyl (C=O) groups excluding carboxylic acids is 1. The summed E-state index contributed by atoms with van der Waals surface area (Å²) in [5, 5.41) is 21.8. The van der Waals surface area contributed by atoms with Crippen LogP contribution in [0.1, 0.15) is 35.3 Å². The molecule has 5 rings (SSSR count). The van der Waals surface area contributed by atoms with Gasteiger partial charge in [-0.25, -0.2) is 0 Å². The van der Waals surface area contributed by atoms with Gasteiger partial charge in [0.2, 0.25) is 6.35 Å². The van der Waals surface area contributed by atoms with Crippen molar-refractivity contribution in [2.45, 2.75) is 44.6 Å². The lowest BCUT2D eigenvalue weighted by molar-refractivity contribution is -0.274. The fourth-order valence-corrected chi connectivity index (χ4v) is 5.06. The van der Waals surface area contributed by atoms with Crippen LogP contribution in [0.25, 0.3) is 0 Å². The molecule has 39 heavy (non-hydrogen) atoms. The molecule has 1 saturated carbocycles. The summed E-state index contributed by atoms with van der Waals surface area (Å²) in [6.45, 7) is 0.257. The molecule has 3 aromatic rings. The number of rotatable bonds is 7. The number of alkyl halides is 3. The van der Waals surface area contributed by atoms with Crippen molar-refractivity contribution in [2.24, 2.45) is 5.92 Å². The lowest BCUT2D eigenvalue weighted by Gasteiger charge is -2.40. The Labute approximate surface area is 226 Å². The van der Waals surface area contributed by atoms with Crippen LogP contribution in [-0.4, -0.2) is 63.0 Å². The number of nitrogens with zero attached hydrogens (tertiary/aromatic N) is 4. The highest BCUT2D eigenvalue weighted by Crippen LogP contribution is 2.37. The van der Waals surface area contributed by atoms with E-state index in [-0.39, 0.29) is 42.3 Å². The van der Waals surface area contributed by atoms with Gasteiger partial charge in [0.05, 0.1) is 12.6 Å². The van der Waals surface area contributed by atoms with E-state index in [2.05, 4.69) is 9.72 Å². The molecule has 1 aliphatic carbocycles. The van der Waals surface area contributed by atoms with Gasteiger partial charge in [-0.05, 0) is 42.7 Å². The van der Waals surface area contributed by atoms with E-state index in [9.17, 15) is 28.2 Å². The summed E-state index contributed by atoms with van der Waals surface area (Å²) >= 11 is 6.03. The Balaban J connectivity index is 1.53. The minimum absolute atomic E-state index is 0.00182. The summed E-state index contributed by atoms with van der Waals surface area (Å²) in [7, 11) is 1.56. The van der Waals surface area contributed by atoms with Crippen LogP contribution in [0.2, 0.25) is 5.02 Å². The number of fused-ring (bicyclic) bond motifs is 1. The number of hydrogen-bond acceptors (Lipinski definition) is 7. The number of anilines is 1. The van der Waals surface area contributed by atoms with Gasteiger partial charge in [0.1, 0.15) is 11.5 Å². The maximum absolute atomic E-state index is 13.8. The van der Waals surface area contributed by atoms with Crippen LogP contribution in [0.5, 0.6) is 17.5 Å². The first kappa shape index (κ1) is 27.1. The summed E-state index contributed by atoms with van der Waals surface area (Å²) in [6, 6.07) is 11.8. The van der Waals surface area contributed by atoms with E-state index in [1.54, 1.807) is 31.3 Å². The summed E-state index contributed by atoms with van der Waals surface area (Å²) in [5.41, 5.74) is 0.876. The van der Waals surface area contributed by atoms with Gasteiger partial charge in [0.15, 0.2) is 11.5 Å². The van der Waals surface area contributed by atoms with E-state index in [4.69, 9.17) is 16.3 Å². The van der Waals surface area contributed by atoms with Gasteiger partial charge < -0.3 is 24.6 Å². The fraction of sp³-hybridized carbons (Fsp3) is 0.385. The van der Waals surface area contributed by atoms with Crippen LogP contribution in [0, 0.1) is 5.92 Å². The van der Waals surface area contributed by atoms with Gasteiger partial charge in [-0.1, -0.05) is 36.2 Å². The van der Waals surface area contributed by atoms with Crippen molar-refractivity contribution < 1.29 is 37.7 Å². The second kappa shape index (κ2) is 10.6. The van der Waals surface area contributed by atoms with E-state index in [0.29, 0.717) is 11.4 Å². The van der Waals surface area contributed by atoms with Gasteiger partial charge in [0, 0.05) is 30.6 Å². The maximum atomic E-state index is 13.8. The van der Waals surface area contributed by atoms with Gasteiger partial charge in [0.25, 0.3) is 5.91 Å². The third kappa shape index (κ3) is 5.77. The number of aromatic nitrogens is 2. The highest BCUT2D eigenvalue weighted by atomic mass is 35.5. The Morgan fingerprint density at radius 2 is 1.82 bits per heavy atom. The maximum Gasteiger partial charge on any atom is 0.573 e. The molecule has 1 fully saturated rings. The largest absolute Gasteiger partial charge is 0.573 e. The Hall–Kier alpha value is -3.48. The zero-order chi connectivity index (χ0) is 27.9. The van der Waals surface area contributed by atoms with Crippen molar-refractivity contribution in [3.05, 3.63) is 64.8 Å². The molecule has 2 N–H and O–H groups in total. The van der Waals surface area contributed by atoms with E-state index in [0.717, 1.165) is 30.5 Å². The first-order chi connectivity index (χ1) is 18.5. The molecule has 3 unspecified atom stereocenters. The molecular weight excluding hydrogens is 541 g/mol. The Morgan fingerprint density at radius 3 is 2.49 bits per heavy atom. The van der Waals surface area contributed by atoms with Crippen LogP contribution in [0.3, 0.4) is 0 Å². The van der Waals surface area contributed by atoms with Crippen LogP contribution in [0.15, 0.2) is 48.5 Å². The van der Waals surface area contributed by atoms with Crippen molar-refractivity contribution in [3.8, 4) is 17.5 Å². The number of carbonyl (C=O) groups is 1. The standard InChI is InChI=1S/C26H26ClF3N4O5/c1-32-22-21(23(36)34(25(32)37)14-16-4-2-7-20(16)35)33(13-15-8-10-17(27)11-9-15)24(31-22)38-18-5-3-6-19(12-18)39-26(28,29)30/h3,5-6,8-12,16,20,25,35,37H,2,4,7,13-14H2,1H3. The van der Waals surface area contributed by atoms with Crippen LogP contribution in [0.4, 0.5) is 19.0 Å². The molecule has 9 nitrogen and oxygen atoms in total. The number of aliphatic hydroxyl groups is 2. The summed E-state index contributed by atoms with van der Waals surface area (Å²) in [4.78, 5) is 20.9. The number of halogens is 4. The van der Waals surface area contributed by atoms with Gasteiger partial charge in [-0.3, -0.25) is 14.3 Å². The van der Waals surface area contributed by atoms with Crippen molar-refractivity contribution >= 4 is 23.3 Å². The predicted molar refractivity (Wildman–Crippen MR) is 135 cm³/mol. The lowest BCUT2D eigenvalue weighted by Crippen LogP contribution is -2.56. The second-order valence-corrected chi connectivity index (χ2v) is 10.0. The number of amides is 1. The molecular formula is C26H26ClF3N4O5. The van der Waals surface area contributed by atoms with E-state index in [1.807, 2.05) is 0 Å². The summed E-state index contributed by atoms with van der Waals surface area (Å²) in [5.74, 6) is -1.04. The third-order valence-corrected chi connectivity index (χ3v) is 7.14. The lowest BCUT2D eigenvalue weighted by atomic mass is 10.0. The van der Waals surface area contributed by atoms with Gasteiger partial charge in [-0.15, -0.1) is 13.2 Å². The van der Waals surface area contributed by atoms with Crippen molar-refractivity contribution in [1.29, 1.82) is 0 Å². The molecule has 0 saturated heterocycles. The third-order valence-electron chi connectivity index (χ3n) is 6.89. The molecule has 0 spiro atoms. The number of benzene rings is 2. The smallest absolute Gasteiger partial charge is 0.425 e. The average Bonchev–Trinajstić information content (AvgIpc) is 3.44. The zero-order valence-electron chi connectivity index (χ0n) is 20.8. The number of imidazole rings is 1. The molecule has 2 heterocycles. The van der Waals surface area contributed by atoms with E-state index < -0.39 is 30.5 Å². The number of ether oxygens (including phenoxy) is 2. The van der Waals surface area contributed by atoms with E-state index >= 15 is 0 Å². The molecule has 1 aliphatic heterocycles. The van der Waals surface area contributed by atoms with Crippen LogP contribution < -0.4 is 14.4 Å². The fourth-order valence-electron chi connectivity index (χ4n) is 4.93. The highest BCUT2D eigenvalue weighted by Gasteiger charge is 2.42. The van der Waals surface area contributed by atoms with Crippen molar-refractivity contribution in [2.75, 3.05) is 18.5 Å². The van der Waals surface area contributed by atoms with Gasteiger partial charge >= 0.3 is 12.4 Å². The summed E-state index contributed by atoms with van der Waals surface area (Å²) in [6.07, 6.45) is -4.61. The summed E-state index contributed by atoms with van der Waals surface area (Å²) < 4.78 is 49.6. The Bertz CT molecular complexity index is 1350. The first-order valence-electron chi connectivity index (χ1n) is 12.3. The minimum atomic E-state index is -4.88. The first-order valence-corrected chi connectivity index (χ1v) is 12.7. The predicted octanol–water partition coefficient (Wildman–Crippen LogP) is 4.60. The van der Waals surface area contributed by atoms with Crippen molar-refractivity contribution in [3.63, 3.8) is 0 Å². The molecule has 0 radical (unpaired) electrons. The molecule has 0 bridgehead atoms. The SMILES string of the molecule is CN1c2nc(Oc3cccc(OC(F)(F)F)c3)n(Cc3ccc(Cl)cc3)c2C(=O)N(CC2CCCC2O)C1O. The Morgan fingerprint density at radius 1 is 1.10 bits per heavy atom. The van der Waals surface area contributed by atoms with Crippen molar-refractivity contribution in [1.82, 2.24) is 14.5 Å². The average molecular weight is 567 g/mol. The second-order valence-electron chi connectivity index (χ2n) is 9.58. The molecule has 3 atom stereocenters. The van der Waals surface area contributed by atoms with Crippen LogP contribution in [-0.2, 0) is 6.54 Å². The Kier molecular flexibility index (Phi) is 7.36. The van der Waals surface area contributed by atoms with Crippen LogP contribution >= 0.6 is 11.6 Å². The monoisotopic (exact) mass is 566 g/mol. The normalized spacial score (nSPS) is 21.3. The van der Waals surface area contributed by atoms with E-state index in [1.165, 1.54) is 26.5 Å². The molecule has 13 heteroatoms. The molecule has 1 amide bonds. The molecule has 2 aliphatic rings. The molecule has 2 aromatic carbocycles.